The third kappa shape index (κ3) is 232. The molecular formula is C98H208O34. The summed E-state index contributed by atoms with van der Waals surface area (Å²) in [7, 11) is 0. The molecule has 0 bridgehead atoms. The Morgan fingerprint density at radius 3 is 0.235 bits per heavy atom. The molecule has 26 N–H and O–H groups in total. The van der Waals surface area contributed by atoms with Crippen molar-refractivity contribution < 1.29 is 171 Å². The van der Waals surface area contributed by atoms with Gasteiger partial charge in [0.15, 0.2) is 0 Å². The van der Waals surface area contributed by atoms with E-state index in [0.717, 1.165) is 103 Å². The smallest absolute Gasteiger partial charge is 0.303 e. The first kappa shape index (κ1) is 158. The van der Waals surface area contributed by atoms with Crippen molar-refractivity contribution in [1.29, 1.82) is 0 Å². The quantitative estimate of drug-likeness (QED) is 0.0251. The highest BCUT2D eigenvalue weighted by molar-refractivity contribution is 5.68. The molecule has 0 aromatic heterocycles. The third-order valence-electron chi connectivity index (χ3n) is 18.5. The summed E-state index contributed by atoms with van der Waals surface area (Å²) in [6, 6.07) is 0. The Morgan fingerprint density at radius 2 is 0.189 bits per heavy atom. The van der Waals surface area contributed by atoms with Crippen molar-refractivity contribution in [1.82, 2.24) is 0 Å². The maximum Gasteiger partial charge on any atom is 0.303 e. The van der Waals surface area contributed by atoms with E-state index in [-0.39, 0.29) is 79.3 Å². The number of unbranched alkanes of at least 4 members (excludes halogenated alkanes) is 48. The monoisotopic (exact) mass is 1930 g/mol. The summed E-state index contributed by atoms with van der Waals surface area (Å²) < 4.78 is 0. The molecule has 132 heavy (non-hydrogen) atoms. The lowest BCUT2D eigenvalue weighted by Gasteiger charge is -1.98. The first-order valence-electron chi connectivity index (χ1n) is 50.2. The summed E-state index contributed by atoms with van der Waals surface area (Å²) in [5.74, 6) is -5.31. The zero-order chi connectivity index (χ0) is 104. The van der Waals surface area contributed by atoms with Gasteiger partial charge >= 0.3 is 47.8 Å². The van der Waals surface area contributed by atoms with E-state index in [2.05, 4.69) is 55.4 Å². The molecule has 0 saturated carbocycles. The lowest BCUT2D eigenvalue weighted by atomic mass is 10.1. The molecule has 0 saturated heterocycles. The number of hydrogen-bond donors (Lipinski definition) is 26. The van der Waals surface area contributed by atoms with Crippen LogP contribution in [0.3, 0.4) is 0 Å². The Kier molecular flexibility index (Phi) is 185. The lowest BCUT2D eigenvalue weighted by molar-refractivity contribution is -0.138. The predicted molar refractivity (Wildman–Crippen MR) is 523 cm³/mol. The number of carboxylic acid groups (broad SMARTS) is 8. The largest absolute Gasteiger partial charge is 0.481 e. The number of carbonyl (C=O) groups is 8. The molecule has 0 aromatic carbocycles. The second kappa shape index (κ2) is 154. The lowest BCUT2D eigenvalue weighted by Crippen LogP contribution is -2.15. The van der Waals surface area contributed by atoms with Gasteiger partial charge in [0.25, 0.3) is 0 Å². The van der Waals surface area contributed by atoms with E-state index in [9.17, 15) is 38.4 Å². The fraction of sp³-hybridized carbons (Fsp3) is 0.918. The van der Waals surface area contributed by atoms with Crippen LogP contribution in [0.25, 0.3) is 0 Å². The van der Waals surface area contributed by atoms with Gasteiger partial charge in [0, 0.05) is 51.4 Å². The van der Waals surface area contributed by atoms with Crippen LogP contribution in [0.5, 0.6) is 0 Å². The molecule has 0 aliphatic rings. The average Bonchev–Trinajstić information content (AvgIpc) is 1.12. The fourth-order valence-electron chi connectivity index (χ4n) is 10.2. The maximum atomic E-state index is 10.1. The number of carboxylic acids is 8. The number of aliphatic carboxylic acids is 8. The normalized spacial score (nSPS) is 10.1. The average molecular weight is 1930 g/mol. The van der Waals surface area contributed by atoms with Gasteiger partial charge in [-0.3, -0.25) is 38.4 Å². The third-order valence-corrected chi connectivity index (χ3v) is 18.5. The van der Waals surface area contributed by atoms with Gasteiger partial charge in [0.1, 0.15) is 36.6 Å². The van der Waals surface area contributed by atoms with E-state index >= 15 is 0 Å². The van der Waals surface area contributed by atoms with Crippen molar-refractivity contribution in [3.05, 3.63) is 0 Å². The van der Waals surface area contributed by atoms with Crippen molar-refractivity contribution in [3.63, 3.8) is 0 Å². The van der Waals surface area contributed by atoms with Gasteiger partial charge in [-0.25, -0.2) is 0 Å². The van der Waals surface area contributed by atoms with Crippen molar-refractivity contribution >= 4 is 47.8 Å². The molecule has 0 radical (unpaired) electrons. The minimum atomic E-state index is -0.954. The number of rotatable bonds is 76. The summed E-state index contributed by atoms with van der Waals surface area (Å²) in [6.45, 7) is 13.2. The summed E-state index contributed by atoms with van der Waals surface area (Å²) in [5, 5.41) is 211. The van der Waals surface area contributed by atoms with Gasteiger partial charge < -0.3 is 133 Å². The summed E-state index contributed by atoms with van der Waals surface area (Å²) in [4.78, 5) is 81.1. The van der Waals surface area contributed by atoms with Crippen LogP contribution in [-0.2, 0) is 38.4 Å². The van der Waals surface area contributed by atoms with E-state index in [1.807, 2.05) is 0 Å². The minimum absolute atomic E-state index is 0.341. The Labute approximate surface area is 797 Å². The fourth-order valence-corrected chi connectivity index (χ4v) is 10.2. The standard InChI is InChI=1S/8C10H20O2.6C3H8O3/c8*1-2-3-4-5-6-7-8-9-10(11)12;6*4-1-3(6)2-5/h8*2-9H2,1H3,(H,11,12);6*3-6H,1-2H2. The van der Waals surface area contributed by atoms with Gasteiger partial charge in [-0.2, -0.15) is 0 Å². The zero-order valence-electron chi connectivity index (χ0n) is 84.1. The molecule has 0 heterocycles. The first-order valence-corrected chi connectivity index (χ1v) is 50.2. The van der Waals surface area contributed by atoms with Crippen LogP contribution in [0.1, 0.15) is 466 Å². The summed E-state index contributed by atoms with van der Waals surface area (Å²) in [5.41, 5.74) is 0. The van der Waals surface area contributed by atoms with Gasteiger partial charge in [-0.15, -0.1) is 0 Å². The molecule has 34 nitrogen and oxygen atoms in total. The molecule has 0 atom stereocenters. The maximum absolute atomic E-state index is 10.1. The highest BCUT2D eigenvalue weighted by Crippen LogP contribution is 2.15. The molecule has 0 spiro atoms. The van der Waals surface area contributed by atoms with Crippen LogP contribution in [0.2, 0.25) is 0 Å². The Hall–Kier alpha value is -4.96. The van der Waals surface area contributed by atoms with E-state index in [0.29, 0.717) is 51.4 Å². The van der Waals surface area contributed by atoms with Crippen molar-refractivity contribution in [2.75, 3.05) is 79.3 Å². The second-order valence-electron chi connectivity index (χ2n) is 32.2. The topological polar surface area (TPSA) is 663 Å². The first-order chi connectivity index (χ1) is 63.0. The van der Waals surface area contributed by atoms with Gasteiger partial charge in [-0.1, -0.05) is 364 Å². The van der Waals surface area contributed by atoms with Crippen LogP contribution in [0.15, 0.2) is 0 Å². The molecule has 804 valence electrons. The van der Waals surface area contributed by atoms with Gasteiger partial charge in [0.2, 0.25) is 0 Å². The highest BCUT2D eigenvalue weighted by Gasteiger charge is 2.05. The Bertz CT molecular complexity index is 1670. The van der Waals surface area contributed by atoms with Crippen LogP contribution < -0.4 is 0 Å². The van der Waals surface area contributed by atoms with Gasteiger partial charge in [-0.05, 0) is 51.4 Å². The van der Waals surface area contributed by atoms with Crippen LogP contribution in [0, 0.1) is 0 Å². The Balaban J connectivity index is -0.0000000955. The highest BCUT2D eigenvalue weighted by atomic mass is 16.4. The van der Waals surface area contributed by atoms with Crippen molar-refractivity contribution in [3.8, 4) is 0 Å². The molecule has 0 aliphatic carbocycles. The van der Waals surface area contributed by atoms with Crippen molar-refractivity contribution in [2.24, 2.45) is 0 Å². The van der Waals surface area contributed by atoms with Crippen LogP contribution in [0.4, 0.5) is 0 Å². The van der Waals surface area contributed by atoms with Crippen LogP contribution in [-0.4, -0.2) is 296 Å². The minimum Gasteiger partial charge on any atom is -0.481 e. The molecule has 0 unspecified atom stereocenters. The zero-order valence-corrected chi connectivity index (χ0v) is 84.1. The number of hydrogen-bond acceptors (Lipinski definition) is 26. The molecular weight excluding hydrogens is 1720 g/mol. The van der Waals surface area contributed by atoms with E-state index in [1.165, 1.54) is 257 Å². The van der Waals surface area contributed by atoms with Crippen LogP contribution >= 0.6 is 0 Å². The van der Waals surface area contributed by atoms with E-state index in [4.69, 9.17) is 133 Å². The Morgan fingerprint density at radius 1 is 0.129 bits per heavy atom. The number of aliphatic hydroxyl groups is 18. The number of aliphatic hydroxyl groups excluding tert-OH is 18. The van der Waals surface area contributed by atoms with Gasteiger partial charge in [0.05, 0.1) is 79.3 Å². The molecule has 0 aromatic rings. The summed E-state index contributed by atoms with van der Waals surface area (Å²) >= 11 is 0. The SMILES string of the molecule is CCCCCCCCCC(=O)O.CCCCCCCCCC(=O)O.CCCCCCCCCC(=O)O.CCCCCCCCCC(=O)O.CCCCCCCCCC(=O)O.CCCCCCCCCC(=O)O.CCCCCCCCCC(=O)O.CCCCCCCCCC(=O)O.OCC(O)CO.OCC(O)CO.OCC(O)CO.OCC(O)CO.OCC(O)CO.OCC(O)CO. The van der Waals surface area contributed by atoms with E-state index < -0.39 is 84.4 Å². The molecule has 0 fully saturated rings. The molecule has 0 rings (SSSR count). The summed E-state index contributed by atoms with van der Waals surface area (Å²) in [6.07, 6.45) is 63.4. The molecule has 0 aliphatic heterocycles. The predicted octanol–water partition coefficient (Wildman–Crippen LogP) is 15.7. The van der Waals surface area contributed by atoms with E-state index in [1.54, 1.807) is 0 Å². The second-order valence-corrected chi connectivity index (χ2v) is 32.2. The van der Waals surface area contributed by atoms with Crippen molar-refractivity contribution in [2.45, 2.75) is 503 Å². The molecule has 0 amide bonds. The molecule has 34 heteroatoms.